The molecule has 0 heterocycles. The molecule has 2 rings (SSSR count). The van der Waals surface area contributed by atoms with Crippen LogP contribution in [0.4, 0.5) is 0 Å². The fraction of sp³-hybridized carbons (Fsp3) is 1.00. The predicted octanol–water partition coefficient (Wildman–Crippen LogP) is 3.59. The molecule has 0 aromatic rings. The first kappa shape index (κ1) is 11.4. The molecule has 1 heteroatoms. The molecule has 0 aliphatic heterocycles. The fourth-order valence-corrected chi connectivity index (χ4v) is 3.86. The molecule has 88 valence electrons. The maximum absolute atomic E-state index is 3.52. The summed E-state index contributed by atoms with van der Waals surface area (Å²) in [6.45, 7) is 2.30. The Morgan fingerprint density at radius 1 is 1.27 bits per heavy atom. The molecule has 1 N–H and O–H groups in total. The van der Waals surface area contributed by atoms with Crippen LogP contribution in [0.2, 0.25) is 0 Å². The average Bonchev–Trinajstić information content (AvgIpc) is 2.85. The molecular formula is C14H27N. The minimum absolute atomic E-state index is 0.800. The Balaban J connectivity index is 1.74. The number of nitrogens with one attached hydrogen (secondary N) is 1. The van der Waals surface area contributed by atoms with E-state index in [0.29, 0.717) is 0 Å². The lowest BCUT2D eigenvalue weighted by atomic mass is 9.83. The molecule has 0 spiro atoms. The highest BCUT2D eigenvalue weighted by atomic mass is 14.9. The van der Waals surface area contributed by atoms with Crippen molar-refractivity contribution in [1.29, 1.82) is 0 Å². The second-order valence-electron chi connectivity index (χ2n) is 5.80. The number of rotatable bonds is 6. The zero-order valence-corrected chi connectivity index (χ0v) is 10.5. The van der Waals surface area contributed by atoms with Crippen LogP contribution in [0, 0.1) is 17.8 Å². The summed E-state index contributed by atoms with van der Waals surface area (Å²) in [5.41, 5.74) is 0. The Hall–Kier alpha value is -0.0400. The summed E-state index contributed by atoms with van der Waals surface area (Å²) in [6.07, 6.45) is 11.8. The minimum atomic E-state index is 0.800. The van der Waals surface area contributed by atoms with E-state index >= 15 is 0 Å². The van der Waals surface area contributed by atoms with Crippen LogP contribution >= 0.6 is 0 Å². The lowest BCUT2D eigenvalue weighted by molar-refractivity contribution is 0.275. The van der Waals surface area contributed by atoms with E-state index in [1.54, 1.807) is 25.7 Å². The lowest BCUT2D eigenvalue weighted by Crippen LogP contribution is -2.29. The second-order valence-corrected chi connectivity index (χ2v) is 5.80. The van der Waals surface area contributed by atoms with Crippen LogP contribution < -0.4 is 5.32 Å². The van der Waals surface area contributed by atoms with E-state index in [2.05, 4.69) is 19.3 Å². The summed E-state index contributed by atoms with van der Waals surface area (Å²) in [7, 11) is 2.15. The molecule has 2 bridgehead atoms. The summed E-state index contributed by atoms with van der Waals surface area (Å²) in [4.78, 5) is 0. The van der Waals surface area contributed by atoms with Crippen LogP contribution in [0.3, 0.4) is 0 Å². The largest absolute Gasteiger partial charge is 0.317 e. The first-order chi connectivity index (χ1) is 7.33. The van der Waals surface area contributed by atoms with Crippen molar-refractivity contribution in [1.82, 2.24) is 5.32 Å². The normalized spacial score (nSPS) is 36.0. The predicted molar refractivity (Wildman–Crippen MR) is 65.9 cm³/mol. The van der Waals surface area contributed by atoms with Crippen molar-refractivity contribution in [2.75, 3.05) is 7.05 Å². The monoisotopic (exact) mass is 209 g/mol. The molecule has 4 atom stereocenters. The van der Waals surface area contributed by atoms with Gasteiger partial charge < -0.3 is 5.32 Å². The molecule has 0 amide bonds. The summed E-state index contributed by atoms with van der Waals surface area (Å²) >= 11 is 0. The van der Waals surface area contributed by atoms with Gasteiger partial charge in [-0.05, 0) is 56.9 Å². The molecular weight excluding hydrogens is 182 g/mol. The Labute approximate surface area is 95.0 Å². The van der Waals surface area contributed by atoms with Crippen molar-refractivity contribution in [2.45, 2.75) is 64.3 Å². The minimum Gasteiger partial charge on any atom is -0.317 e. The van der Waals surface area contributed by atoms with Crippen LogP contribution in [-0.4, -0.2) is 13.1 Å². The maximum Gasteiger partial charge on any atom is 0.00668 e. The molecule has 0 aromatic heterocycles. The topological polar surface area (TPSA) is 12.0 Å². The maximum atomic E-state index is 3.52. The SMILES string of the molecule is CCCCC(CC1CC2CCC1C2)NC. The average molecular weight is 209 g/mol. The van der Waals surface area contributed by atoms with Gasteiger partial charge in [0.2, 0.25) is 0 Å². The number of unbranched alkanes of at least 4 members (excludes halogenated alkanes) is 1. The molecule has 15 heavy (non-hydrogen) atoms. The fourth-order valence-electron chi connectivity index (χ4n) is 3.86. The van der Waals surface area contributed by atoms with E-state index in [9.17, 15) is 0 Å². The summed E-state index contributed by atoms with van der Waals surface area (Å²) < 4.78 is 0. The van der Waals surface area contributed by atoms with Gasteiger partial charge in [0.25, 0.3) is 0 Å². The van der Waals surface area contributed by atoms with E-state index in [4.69, 9.17) is 0 Å². The third kappa shape index (κ3) is 2.75. The summed E-state index contributed by atoms with van der Waals surface area (Å²) in [6, 6.07) is 0.800. The van der Waals surface area contributed by atoms with Gasteiger partial charge in [-0.2, -0.15) is 0 Å². The van der Waals surface area contributed by atoms with Crippen molar-refractivity contribution in [3.8, 4) is 0 Å². The third-order valence-corrected chi connectivity index (χ3v) is 4.79. The van der Waals surface area contributed by atoms with Gasteiger partial charge in [0.05, 0.1) is 0 Å². The third-order valence-electron chi connectivity index (χ3n) is 4.79. The molecule has 1 nitrogen and oxygen atoms in total. The molecule has 2 saturated carbocycles. The zero-order valence-electron chi connectivity index (χ0n) is 10.5. The van der Waals surface area contributed by atoms with Crippen LogP contribution in [0.1, 0.15) is 58.3 Å². The van der Waals surface area contributed by atoms with Crippen LogP contribution in [0.5, 0.6) is 0 Å². The van der Waals surface area contributed by atoms with Crippen molar-refractivity contribution >= 4 is 0 Å². The van der Waals surface area contributed by atoms with Crippen molar-refractivity contribution in [3.63, 3.8) is 0 Å². The van der Waals surface area contributed by atoms with E-state index in [1.165, 1.54) is 25.7 Å². The van der Waals surface area contributed by atoms with Crippen LogP contribution in [0.25, 0.3) is 0 Å². The first-order valence-electron chi connectivity index (χ1n) is 7.00. The highest BCUT2D eigenvalue weighted by Crippen LogP contribution is 2.50. The van der Waals surface area contributed by atoms with Crippen molar-refractivity contribution in [2.24, 2.45) is 17.8 Å². The number of fused-ring (bicyclic) bond motifs is 2. The summed E-state index contributed by atoms with van der Waals surface area (Å²) in [5, 5.41) is 3.52. The van der Waals surface area contributed by atoms with Gasteiger partial charge in [-0.3, -0.25) is 0 Å². The van der Waals surface area contributed by atoms with Gasteiger partial charge in [-0.25, -0.2) is 0 Å². The standard InChI is InChI=1S/C14H27N/c1-3-4-5-14(15-2)10-13-9-11-6-7-12(13)8-11/h11-15H,3-10H2,1-2H3. The molecule has 2 aliphatic carbocycles. The lowest BCUT2D eigenvalue weighted by Gasteiger charge is -2.26. The first-order valence-corrected chi connectivity index (χ1v) is 7.00. The zero-order chi connectivity index (χ0) is 10.7. The molecule has 2 fully saturated rings. The van der Waals surface area contributed by atoms with Crippen molar-refractivity contribution in [3.05, 3.63) is 0 Å². The second kappa shape index (κ2) is 5.34. The summed E-state index contributed by atoms with van der Waals surface area (Å²) in [5.74, 6) is 3.29. The van der Waals surface area contributed by atoms with E-state index in [0.717, 1.165) is 23.8 Å². The van der Waals surface area contributed by atoms with Gasteiger partial charge in [0.15, 0.2) is 0 Å². The van der Waals surface area contributed by atoms with Gasteiger partial charge >= 0.3 is 0 Å². The molecule has 0 radical (unpaired) electrons. The molecule has 2 aliphatic rings. The Morgan fingerprint density at radius 2 is 2.13 bits per heavy atom. The van der Waals surface area contributed by atoms with Gasteiger partial charge in [0.1, 0.15) is 0 Å². The highest BCUT2D eigenvalue weighted by Gasteiger charge is 2.39. The molecule has 0 aromatic carbocycles. The molecule has 4 unspecified atom stereocenters. The Morgan fingerprint density at radius 3 is 2.67 bits per heavy atom. The molecule has 0 saturated heterocycles. The number of hydrogen-bond acceptors (Lipinski definition) is 1. The Bertz CT molecular complexity index is 190. The van der Waals surface area contributed by atoms with Crippen LogP contribution in [-0.2, 0) is 0 Å². The van der Waals surface area contributed by atoms with E-state index < -0.39 is 0 Å². The van der Waals surface area contributed by atoms with Gasteiger partial charge in [-0.1, -0.05) is 26.2 Å². The van der Waals surface area contributed by atoms with Gasteiger partial charge in [0, 0.05) is 6.04 Å². The smallest absolute Gasteiger partial charge is 0.00668 e. The van der Waals surface area contributed by atoms with E-state index in [1.807, 2.05) is 0 Å². The number of hydrogen-bond donors (Lipinski definition) is 1. The quantitative estimate of drug-likeness (QED) is 0.705. The highest BCUT2D eigenvalue weighted by molar-refractivity contribution is 4.91. The Kier molecular flexibility index (Phi) is 4.07. The van der Waals surface area contributed by atoms with Gasteiger partial charge in [-0.15, -0.1) is 0 Å². The van der Waals surface area contributed by atoms with E-state index in [-0.39, 0.29) is 0 Å². The van der Waals surface area contributed by atoms with Crippen molar-refractivity contribution < 1.29 is 0 Å². The van der Waals surface area contributed by atoms with Crippen LogP contribution in [0.15, 0.2) is 0 Å².